The fraction of sp³-hybridized carbons (Fsp3) is 0.188. The van der Waals surface area contributed by atoms with Gasteiger partial charge in [-0.2, -0.15) is 10.5 Å². The first-order chi connectivity index (χ1) is 17.1. The molecule has 4 aromatic rings. The van der Waals surface area contributed by atoms with E-state index in [4.69, 9.17) is 0 Å². The van der Waals surface area contributed by atoms with Crippen molar-refractivity contribution in [2.24, 2.45) is 0 Å². The molecular weight excluding hydrogens is 426 g/mol. The maximum atomic E-state index is 10.2. The molecular formula is C32H29N3. The van der Waals surface area contributed by atoms with Gasteiger partial charge in [0.15, 0.2) is 5.41 Å². The van der Waals surface area contributed by atoms with Crippen LogP contribution in [-0.4, -0.2) is 14.1 Å². The number of rotatable bonds is 8. The first-order valence-electron chi connectivity index (χ1n) is 11.8. The predicted octanol–water partition coefficient (Wildman–Crippen LogP) is 6.46. The van der Waals surface area contributed by atoms with Crippen molar-refractivity contribution in [2.75, 3.05) is 19.0 Å². The molecule has 172 valence electrons. The van der Waals surface area contributed by atoms with Gasteiger partial charge in [0.1, 0.15) is 0 Å². The van der Waals surface area contributed by atoms with Crippen LogP contribution in [0.25, 0.3) is 0 Å². The highest BCUT2D eigenvalue weighted by Crippen LogP contribution is 2.35. The highest BCUT2D eigenvalue weighted by molar-refractivity contribution is 5.61. The smallest absolute Gasteiger partial charge is 0.172 e. The van der Waals surface area contributed by atoms with E-state index in [-0.39, 0.29) is 0 Å². The van der Waals surface area contributed by atoms with Gasteiger partial charge in [0.05, 0.1) is 12.1 Å². The molecule has 0 bridgehead atoms. The summed E-state index contributed by atoms with van der Waals surface area (Å²) in [6, 6.07) is 39.3. The molecule has 3 heteroatoms. The average Bonchev–Trinajstić information content (AvgIpc) is 2.90. The van der Waals surface area contributed by atoms with Gasteiger partial charge in [-0.3, -0.25) is 0 Å². The molecule has 0 N–H and O–H groups in total. The zero-order valence-corrected chi connectivity index (χ0v) is 20.3. The summed E-state index contributed by atoms with van der Waals surface area (Å²) in [5.74, 6) is 0. The number of hydrogen-bond donors (Lipinski definition) is 0. The Morgan fingerprint density at radius 3 is 1.60 bits per heavy atom. The van der Waals surface area contributed by atoms with Crippen LogP contribution in [0.15, 0.2) is 103 Å². The predicted molar refractivity (Wildman–Crippen MR) is 142 cm³/mol. The van der Waals surface area contributed by atoms with Gasteiger partial charge >= 0.3 is 0 Å². The van der Waals surface area contributed by atoms with E-state index >= 15 is 0 Å². The lowest BCUT2D eigenvalue weighted by Gasteiger charge is -2.26. The normalized spacial score (nSPS) is 10.9. The van der Waals surface area contributed by atoms with E-state index in [1.165, 1.54) is 22.3 Å². The molecule has 0 saturated heterocycles. The summed E-state index contributed by atoms with van der Waals surface area (Å²) in [6.45, 7) is 0. The van der Waals surface area contributed by atoms with E-state index in [1.54, 1.807) is 0 Å². The van der Waals surface area contributed by atoms with Crippen LogP contribution in [0.1, 0.15) is 33.4 Å². The van der Waals surface area contributed by atoms with Crippen molar-refractivity contribution < 1.29 is 0 Å². The van der Waals surface area contributed by atoms with Gasteiger partial charge in [-0.1, -0.05) is 97.1 Å². The Kier molecular flexibility index (Phi) is 7.30. The van der Waals surface area contributed by atoms with Crippen LogP contribution < -0.4 is 4.90 Å². The quantitative estimate of drug-likeness (QED) is 0.306. The molecule has 0 aliphatic carbocycles. The molecule has 0 aliphatic heterocycles. The Balaban J connectivity index is 1.90. The minimum Gasteiger partial charge on any atom is -0.377 e. The molecule has 3 nitrogen and oxygen atoms in total. The van der Waals surface area contributed by atoms with Crippen LogP contribution >= 0.6 is 0 Å². The molecule has 0 spiro atoms. The van der Waals surface area contributed by atoms with Crippen LogP contribution in [0.4, 0.5) is 5.69 Å². The zero-order valence-electron chi connectivity index (χ0n) is 20.3. The topological polar surface area (TPSA) is 50.8 Å². The van der Waals surface area contributed by atoms with E-state index in [2.05, 4.69) is 91.8 Å². The molecule has 0 aliphatic rings. The first kappa shape index (κ1) is 23.8. The van der Waals surface area contributed by atoms with Crippen molar-refractivity contribution in [3.8, 4) is 12.1 Å². The number of benzene rings is 4. The summed E-state index contributed by atoms with van der Waals surface area (Å²) in [5, 5.41) is 20.5. The third kappa shape index (κ3) is 5.26. The fourth-order valence-electron chi connectivity index (χ4n) is 4.67. The lowest BCUT2D eigenvalue weighted by molar-refractivity contribution is 0.689. The molecule has 0 heterocycles. The number of hydrogen-bond acceptors (Lipinski definition) is 3. The van der Waals surface area contributed by atoms with Gasteiger partial charge in [-0.25, -0.2) is 0 Å². The highest BCUT2D eigenvalue weighted by atomic mass is 15.1. The number of anilines is 1. The van der Waals surface area contributed by atoms with Crippen LogP contribution in [0, 0.1) is 22.7 Å². The molecule has 0 radical (unpaired) electrons. The number of nitrogens with zero attached hydrogens (tertiary/aromatic N) is 3. The minimum absolute atomic E-state index is 0.335. The van der Waals surface area contributed by atoms with Crippen molar-refractivity contribution in [3.63, 3.8) is 0 Å². The van der Waals surface area contributed by atoms with Gasteiger partial charge in [-0.05, 0) is 52.3 Å². The summed E-state index contributed by atoms with van der Waals surface area (Å²) in [5.41, 5.74) is 6.54. The maximum Gasteiger partial charge on any atom is 0.172 e. The zero-order chi connectivity index (χ0) is 24.7. The Labute approximate surface area is 208 Å². The lowest BCUT2D eigenvalue weighted by atomic mass is 9.75. The summed E-state index contributed by atoms with van der Waals surface area (Å²) in [4.78, 5) is 2.15. The van der Waals surface area contributed by atoms with Crippen LogP contribution in [0.3, 0.4) is 0 Å². The first-order valence-corrected chi connectivity index (χ1v) is 11.8. The molecule has 0 unspecified atom stereocenters. The van der Waals surface area contributed by atoms with Gasteiger partial charge in [0, 0.05) is 26.2 Å². The van der Waals surface area contributed by atoms with Gasteiger partial charge in [0.25, 0.3) is 0 Å². The Morgan fingerprint density at radius 2 is 1.11 bits per heavy atom. The molecule has 0 atom stereocenters. The van der Waals surface area contributed by atoms with Crippen molar-refractivity contribution in [3.05, 3.63) is 137 Å². The van der Waals surface area contributed by atoms with Crippen molar-refractivity contribution >= 4 is 5.69 Å². The molecule has 0 aromatic heterocycles. The summed E-state index contributed by atoms with van der Waals surface area (Å²) >= 11 is 0. The van der Waals surface area contributed by atoms with Crippen molar-refractivity contribution in [1.29, 1.82) is 10.5 Å². The highest BCUT2D eigenvalue weighted by Gasteiger charge is 2.34. The van der Waals surface area contributed by atoms with E-state index < -0.39 is 5.41 Å². The van der Waals surface area contributed by atoms with Gasteiger partial charge < -0.3 is 4.90 Å². The van der Waals surface area contributed by atoms with E-state index in [1.807, 2.05) is 42.5 Å². The molecule has 4 aromatic carbocycles. The Hall–Kier alpha value is -4.34. The standard InChI is InChI=1S/C32H29N3/c1-35(2)31-19-18-27(22-32(23-33,24-34)28-16-10-5-11-17-28)29(20-25-12-6-3-7-13-25)30(31)21-26-14-8-4-9-15-26/h3-19H,20-22H2,1-2H3. The minimum atomic E-state index is -1.25. The molecule has 0 amide bonds. The van der Waals surface area contributed by atoms with Crippen LogP contribution in [0.2, 0.25) is 0 Å². The number of nitriles is 2. The fourth-order valence-corrected chi connectivity index (χ4v) is 4.67. The molecule has 0 saturated carbocycles. The summed E-state index contributed by atoms with van der Waals surface area (Å²) in [7, 11) is 4.13. The SMILES string of the molecule is CN(C)c1ccc(CC(C#N)(C#N)c2ccccc2)c(Cc2ccccc2)c1Cc1ccccc1. The van der Waals surface area contributed by atoms with E-state index in [9.17, 15) is 10.5 Å². The van der Waals surface area contributed by atoms with Crippen LogP contribution in [0.5, 0.6) is 0 Å². The van der Waals surface area contributed by atoms with Crippen LogP contribution in [-0.2, 0) is 24.7 Å². The third-order valence-electron chi connectivity index (χ3n) is 6.54. The average molecular weight is 456 g/mol. The largest absolute Gasteiger partial charge is 0.377 e. The molecule has 35 heavy (non-hydrogen) atoms. The second kappa shape index (κ2) is 10.7. The van der Waals surface area contributed by atoms with Gasteiger partial charge in [0.2, 0.25) is 0 Å². The Morgan fingerprint density at radius 1 is 0.629 bits per heavy atom. The lowest BCUT2D eigenvalue weighted by Crippen LogP contribution is -2.26. The van der Waals surface area contributed by atoms with Crippen molar-refractivity contribution in [2.45, 2.75) is 24.7 Å². The van der Waals surface area contributed by atoms with Gasteiger partial charge in [-0.15, -0.1) is 0 Å². The maximum absolute atomic E-state index is 10.2. The summed E-state index contributed by atoms with van der Waals surface area (Å²) in [6.07, 6.45) is 1.85. The monoisotopic (exact) mass is 455 g/mol. The third-order valence-corrected chi connectivity index (χ3v) is 6.54. The summed E-state index contributed by atoms with van der Waals surface area (Å²) < 4.78 is 0. The van der Waals surface area contributed by atoms with Crippen molar-refractivity contribution in [1.82, 2.24) is 0 Å². The molecule has 4 rings (SSSR count). The second-order valence-electron chi connectivity index (χ2n) is 9.09. The van der Waals surface area contributed by atoms with E-state index in [0.29, 0.717) is 6.42 Å². The second-order valence-corrected chi connectivity index (χ2v) is 9.09. The Bertz CT molecular complexity index is 1330. The molecule has 0 fully saturated rings. The van der Waals surface area contributed by atoms with E-state index in [0.717, 1.165) is 29.7 Å².